The Hall–Kier alpha value is -3.87. The average Bonchev–Trinajstić information content (AvgIpc) is 3.28. The first-order chi connectivity index (χ1) is 15.0. The summed E-state index contributed by atoms with van der Waals surface area (Å²) in [6, 6.07) is 15.1. The second-order valence-electron chi connectivity index (χ2n) is 7.28. The molecule has 0 fully saturated rings. The summed E-state index contributed by atoms with van der Waals surface area (Å²) < 4.78 is 12.4. The molecule has 4 rings (SSSR count). The minimum atomic E-state index is -0.333. The van der Waals surface area contributed by atoms with E-state index in [4.69, 9.17) is 9.47 Å². The molecule has 2 aromatic carbocycles. The quantitative estimate of drug-likeness (QED) is 0.579. The summed E-state index contributed by atoms with van der Waals surface area (Å²) in [7, 11) is 3.27. The molecule has 2 amide bonds. The van der Waals surface area contributed by atoms with Crippen LogP contribution in [0.3, 0.4) is 0 Å². The molecule has 0 unspecified atom stereocenters. The van der Waals surface area contributed by atoms with Gasteiger partial charge in [-0.2, -0.15) is 4.99 Å². The molecule has 158 valence electrons. The van der Waals surface area contributed by atoms with Crippen LogP contribution in [0, 0.1) is 6.92 Å². The molecule has 0 aliphatic carbocycles. The summed E-state index contributed by atoms with van der Waals surface area (Å²) in [5, 5.41) is 0. The molecule has 3 aromatic rings. The molecule has 0 saturated heterocycles. The maximum atomic E-state index is 12.6. The van der Waals surface area contributed by atoms with E-state index in [1.165, 1.54) is 0 Å². The van der Waals surface area contributed by atoms with Gasteiger partial charge in [0.1, 0.15) is 22.9 Å². The van der Waals surface area contributed by atoms with E-state index in [0.717, 1.165) is 28.3 Å². The molecule has 0 spiro atoms. The number of methoxy groups -OCH3 is 2. The summed E-state index contributed by atoms with van der Waals surface area (Å²) in [5.74, 6) is 1.59. The van der Waals surface area contributed by atoms with Crippen LogP contribution in [0.25, 0.3) is 0 Å². The Kier molecular flexibility index (Phi) is 5.58. The number of aromatic nitrogens is 2. The minimum Gasteiger partial charge on any atom is -0.497 e. The van der Waals surface area contributed by atoms with Gasteiger partial charge < -0.3 is 14.0 Å². The fourth-order valence-electron chi connectivity index (χ4n) is 3.49. The number of hydrogen-bond donors (Lipinski definition) is 0. The Labute approximate surface area is 181 Å². The number of hydrogen-bond acceptors (Lipinski definition) is 4. The summed E-state index contributed by atoms with van der Waals surface area (Å²) in [5.41, 5.74) is 4.76. The van der Waals surface area contributed by atoms with Crippen LogP contribution >= 0.6 is 0 Å². The predicted molar refractivity (Wildman–Crippen MR) is 119 cm³/mol. The summed E-state index contributed by atoms with van der Waals surface area (Å²) in [6.07, 6.45) is 1.77. The lowest BCUT2D eigenvalue weighted by Gasteiger charge is -2.17. The zero-order chi connectivity index (χ0) is 22.0. The lowest BCUT2D eigenvalue weighted by Crippen LogP contribution is -2.24. The van der Waals surface area contributed by atoms with E-state index in [2.05, 4.69) is 16.6 Å². The van der Waals surface area contributed by atoms with Crippen LogP contribution in [0.5, 0.6) is 11.5 Å². The third kappa shape index (κ3) is 4.07. The van der Waals surface area contributed by atoms with Crippen molar-refractivity contribution in [3.05, 3.63) is 89.6 Å². The number of rotatable bonds is 7. The molecule has 1 aromatic heterocycles. The largest absolute Gasteiger partial charge is 0.497 e. The Morgan fingerprint density at radius 1 is 0.903 bits per heavy atom. The molecule has 31 heavy (non-hydrogen) atoms. The van der Waals surface area contributed by atoms with Gasteiger partial charge in [-0.3, -0.25) is 4.90 Å². The van der Waals surface area contributed by atoms with E-state index < -0.39 is 0 Å². The van der Waals surface area contributed by atoms with Gasteiger partial charge in [-0.15, -0.1) is 0 Å². The summed E-state index contributed by atoms with van der Waals surface area (Å²) in [6.45, 7) is 7.13. The van der Waals surface area contributed by atoms with Gasteiger partial charge in [-0.05, 0) is 42.3 Å². The Morgan fingerprint density at radius 2 is 1.45 bits per heavy atom. The lowest BCUT2D eigenvalue weighted by atomic mass is 10.1. The first-order valence-corrected chi connectivity index (χ1v) is 9.87. The van der Waals surface area contributed by atoms with Crippen molar-refractivity contribution in [2.75, 3.05) is 14.2 Å². The molecule has 0 N–H and O–H groups in total. The van der Waals surface area contributed by atoms with Gasteiger partial charge in [0.25, 0.3) is 0 Å². The number of benzene rings is 2. The monoisotopic (exact) mass is 416 g/mol. The van der Waals surface area contributed by atoms with Gasteiger partial charge in [0.2, 0.25) is 0 Å². The number of imidazole rings is 1. The number of aliphatic imine (C=N–C) groups is 1. The van der Waals surface area contributed by atoms with E-state index in [9.17, 15) is 4.79 Å². The minimum absolute atomic E-state index is 0.333. The SMILES string of the molecule is C=C1C(c2ncn(Cc3ccc(OC)cc3)c2C)=NC(=O)N1Cc1ccc(OC)cc1. The molecule has 0 atom stereocenters. The summed E-state index contributed by atoms with van der Waals surface area (Å²) in [4.78, 5) is 22.9. The van der Waals surface area contributed by atoms with Gasteiger partial charge in [-0.1, -0.05) is 30.8 Å². The number of nitrogens with zero attached hydrogens (tertiary/aromatic N) is 4. The fourth-order valence-corrected chi connectivity index (χ4v) is 3.49. The smallest absolute Gasteiger partial charge is 0.349 e. The van der Waals surface area contributed by atoms with Crippen molar-refractivity contribution in [1.82, 2.24) is 14.5 Å². The first kappa shape index (κ1) is 20.4. The third-order valence-electron chi connectivity index (χ3n) is 5.37. The fraction of sp³-hybridized carbons (Fsp3) is 0.208. The standard InChI is InChI=1S/C24H24N4O3/c1-16-22(25-15-27(16)13-18-5-9-20(30-3)10-6-18)23-17(2)28(24(29)26-23)14-19-7-11-21(31-4)12-8-19/h5-12,15H,2,13-14H2,1,3-4H3. The van der Waals surface area contributed by atoms with Gasteiger partial charge in [0.05, 0.1) is 32.8 Å². The van der Waals surface area contributed by atoms with Crippen LogP contribution in [-0.2, 0) is 13.1 Å². The molecule has 7 heteroatoms. The van der Waals surface area contributed by atoms with Crippen LogP contribution in [-0.4, -0.2) is 40.4 Å². The highest BCUT2D eigenvalue weighted by atomic mass is 16.5. The second-order valence-corrected chi connectivity index (χ2v) is 7.28. The number of urea groups is 1. The Morgan fingerprint density at radius 3 is 2.00 bits per heavy atom. The normalized spacial score (nSPS) is 13.5. The third-order valence-corrected chi connectivity index (χ3v) is 5.37. The molecule has 7 nitrogen and oxygen atoms in total. The van der Waals surface area contributed by atoms with E-state index in [1.807, 2.05) is 60.0 Å². The molecule has 1 aliphatic rings. The molecule has 1 aliphatic heterocycles. The highest BCUT2D eigenvalue weighted by Crippen LogP contribution is 2.25. The van der Waals surface area contributed by atoms with Crippen molar-refractivity contribution in [1.29, 1.82) is 0 Å². The van der Waals surface area contributed by atoms with E-state index >= 15 is 0 Å². The molecular formula is C24H24N4O3. The van der Waals surface area contributed by atoms with Crippen molar-refractivity contribution in [2.24, 2.45) is 4.99 Å². The highest BCUT2D eigenvalue weighted by Gasteiger charge is 2.31. The van der Waals surface area contributed by atoms with Gasteiger partial charge >= 0.3 is 6.03 Å². The number of amides is 2. The second kappa shape index (κ2) is 8.47. The molecule has 0 bridgehead atoms. The van der Waals surface area contributed by atoms with Gasteiger partial charge in [-0.25, -0.2) is 9.78 Å². The maximum absolute atomic E-state index is 12.6. The summed E-state index contributed by atoms with van der Waals surface area (Å²) >= 11 is 0. The van der Waals surface area contributed by atoms with Crippen molar-refractivity contribution in [2.45, 2.75) is 20.0 Å². The molecule has 2 heterocycles. The maximum Gasteiger partial charge on any atom is 0.349 e. The highest BCUT2D eigenvalue weighted by molar-refractivity contribution is 6.20. The van der Waals surface area contributed by atoms with Crippen molar-refractivity contribution in [3.63, 3.8) is 0 Å². The van der Waals surface area contributed by atoms with Crippen LogP contribution in [0.15, 0.2) is 72.1 Å². The number of allylic oxidation sites excluding steroid dienone is 1. The zero-order valence-corrected chi connectivity index (χ0v) is 17.8. The lowest BCUT2D eigenvalue weighted by molar-refractivity contribution is 0.225. The predicted octanol–water partition coefficient (Wildman–Crippen LogP) is 4.20. The first-order valence-electron chi connectivity index (χ1n) is 9.87. The molecule has 0 radical (unpaired) electrons. The number of ether oxygens (including phenoxy) is 2. The number of carbonyl (C=O) groups is 1. The molecule has 0 saturated carbocycles. The van der Waals surface area contributed by atoms with Crippen LogP contribution in [0.1, 0.15) is 22.5 Å². The van der Waals surface area contributed by atoms with E-state index in [1.54, 1.807) is 25.4 Å². The van der Waals surface area contributed by atoms with E-state index in [0.29, 0.717) is 30.2 Å². The van der Waals surface area contributed by atoms with Crippen LogP contribution in [0.4, 0.5) is 4.79 Å². The van der Waals surface area contributed by atoms with E-state index in [-0.39, 0.29) is 6.03 Å². The van der Waals surface area contributed by atoms with Crippen LogP contribution in [0.2, 0.25) is 0 Å². The average molecular weight is 416 g/mol. The Bertz CT molecular complexity index is 1140. The topological polar surface area (TPSA) is 69.0 Å². The Balaban J connectivity index is 1.51. The van der Waals surface area contributed by atoms with Crippen molar-refractivity contribution in [3.8, 4) is 11.5 Å². The van der Waals surface area contributed by atoms with Crippen molar-refractivity contribution >= 4 is 11.7 Å². The van der Waals surface area contributed by atoms with Gasteiger partial charge in [0, 0.05) is 12.2 Å². The van der Waals surface area contributed by atoms with Gasteiger partial charge in [0.15, 0.2) is 0 Å². The van der Waals surface area contributed by atoms with Crippen LogP contribution < -0.4 is 9.47 Å². The number of carbonyl (C=O) groups excluding carboxylic acids is 1. The molecular weight excluding hydrogens is 392 g/mol. The zero-order valence-electron chi connectivity index (χ0n) is 17.8. The van der Waals surface area contributed by atoms with Crippen molar-refractivity contribution < 1.29 is 14.3 Å².